The molecule has 0 spiro atoms. The Hall–Kier alpha value is -0.650. The molecular formula is C14H27N3O2. The van der Waals surface area contributed by atoms with Crippen molar-refractivity contribution in [3.05, 3.63) is 0 Å². The van der Waals surface area contributed by atoms with E-state index in [1.165, 1.54) is 0 Å². The van der Waals surface area contributed by atoms with Gasteiger partial charge in [-0.2, -0.15) is 0 Å². The van der Waals surface area contributed by atoms with Gasteiger partial charge in [0.25, 0.3) is 0 Å². The van der Waals surface area contributed by atoms with E-state index in [0.717, 1.165) is 52.0 Å². The van der Waals surface area contributed by atoms with Crippen LogP contribution < -0.4 is 5.32 Å². The van der Waals surface area contributed by atoms with Crippen LogP contribution in [0.15, 0.2) is 0 Å². The third-order valence-corrected chi connectivity index (χ3v) is 4.08. The minimum atomic E-state index is 0.0332. The molecule has 2 aliphatic heterocycles. The van der Waals surface area contributed by atoms with E-state index in [2.05, 4.69) is 24.1 Å². The number of nitrogens with zero attached hydrogens (tertiary/aromatic N) is 2. The van der Waals surface area contributed by atoms with Crippen LogP contribution in [0.2, 0.25) is 0 Å². The van der Waals surface area contributed by atoms with Gasteiger partial charge < -0.3 is 9.64 Å². The van der Waals surface area contributed by atoms with Gasteiger partial charge in [-0.05, 0) is 13.0 Å². The molecule has 0 bridgehead atoms. The fourth-order valence-corrected chi connectivity index (χ4v) is 2.82. The molecule has 2 heterocycles. The van der Waals surface area contributed by atoms with Gasteiger partial charge >= 0.3 is 0 Å². The second-order valence-electron chi connectivity index (χ2n) is 5.50. The van der Waals surface area contributed by atoms with E-state index in [1.54, 1.807) is 0 Å². The molecule has 2 saturated heterocycles. The first-order valence-electron chi connectivity index (χ1n) is 7.60. The number of amides is 1. The van der Waals surface area contributed by atoms with Crippen molar-refractivity contribution in [2.24, 2.45) is 0 Å². The number of nitrogens with one attached hydrogen (secondary N) is 1. The van der Waals surface area contributed by atoms with Crippen LogP contribution in [0, 0.1) is 0 Å². The highest BCUT2D eigenvalue weighted by atomic mass is 16.5. The predicted molar refractivity (Wildman–Crippen MR) is 74.9 cm³/mol. The van der Waals surface area contributed by atoms with E-state index in [0.29, 0.717) is 6.67 Å². The number of morpholine rings is 1. The lowest BCUT2D eigenvalue weighted by atomic mass is 10.1. The molecule has 5 nitrogen and oxygen atoms in total. The lowest BCUT2D eigenvalue weighted by Crippen LogP contribution is -2.48. The molecule has 2 atom stereocenters. The average Bonchev–Trinajstić information content (AvgIpc) is 2.78. The maximum Gasteiger partial charge on any atom is 0.240 e. The summed E-state index contributed by atoms with van der Waals surface area (Å²) in [5.74, 6) is 0.255. The van der Waals surface area contributed by atoms with Crippen LogP contribution in [0.5, 0.6) is 0 Å². The molecule has 2 fully saturated rings. The fourth-order valence-electron chi connectivity index (χ4n) is 2.82. The quantitative estimate of drug-likeness (QED) is 0.769. The van der Waals surface area contributed by atoms with Crippen LogP contribution in [0.3, 0.4) is 0 Å². The van der Waals surface area contributed by atoms with Crippen LogP contribution in [0.1, 0.15) is 33.1 Å². The van der Waals surface area contributed by atoms with Crippen molar-refractivity contribution in [2.75, 3.05) is 39.5 Å². The molecular weight excluding hydrogens is 242 g/mol. The SMILES string of the molecule is CCCCC1NCN(CC2CN(CC)CCO2)C1=O. The standard InChI is InChI=1S/C14H27N3O2/c1-3-5-6-13-14(18)17(11-15-13)10-12-9-16(4-2)7-8-19-12/h12-13,15H,3-11H2,1-2H3. The Morgan fingerprint density at radius 2 is 2.26 bits per heavy atom. The number of likely N-dealkylation sites (N-methyl/N-ethyl adjacent to an activating group) is 1. The van der Waals surface area contributed by atoms with E-state index >= 15 is 0 Å². The molecule has 0 aromatic rings. The maximum absolute atomic E-state index is 12.2. The fraction of sp³-hybridized carbons (Fsp3) is 0.929. The molecule has 0 aromatic carbocycles. The van der Waals surface area contributed by atoms with Gasteiger partial charge in [0.15, 0.2) is 0 Å². The zero-order valence-corrected chi connectivity index (χ0v) is 12.2. The molecule has 0 saturated carbocycles. The van der Waals surface area contributed by atoms with Crippen LogP contribution in [-0.4, -0.2) is 67.3 Å². The van der Waals surface area contributed by atoms with E-state index in [4.69, 9.17) is 4.74 Å². The summed E-state index contributed by atoms with van der Waals surface area (Å²) in [6, 6.07) is 0.0332. The maximum atomic E-state index is 12.2. The minimum absolute atomic E-state index is 0.0332. The molecule has 0 aromatic heterocycles. The molecule has 1 N–H and O–H groups in total. The van der Waals surface area contributed by atoms with Crippen molar-refractivity contribution < 1.29 is 9.53 Å². The molecule has 110 valence electrons. The highest BCUT2D eigenvalue weighted by molar-refractivity contribution is 5.83. The first-order valence-corrected chi connectivity index (χ1v) is 7.60. The monoisotopic (exact) mass is 269 g/mol. The van der Waals surface area contributed by atoms with Gasteiger partial charge in [-0.25, -0.2) is 0 Å². The molecule has 0 radical (unpaired) electrons. The highest BCUT2D eigenvalue weighted by Crippen LogP contribution is 2.13. The normalized spacial score (nSPS) is 29.2. The van der Waals surface area contributed by atoms with Crippen molar-refractivity contribution in [1.82, 2.24) is 15.1 Å². The van der Waals surface area contributed by atoms with Crippen molar-refractivity contribution in [3.8, 4) is 0 Å². The lowest BCUT2D eigenvalue weighted by Gasteiger charge is -2.34. The van der Waals surface area contributed by atoms with E-state index in [9.17, 15) is 4.79 Å². The summed E-state index contributed by atoms with van der Waals surface area (Å²) in [5.41, 5.74) is 0. The zero-order chi connectivity index (χ0) is 13.7. The summed E-state index contributed by atoms with van der Waals surface area (Å²) in [7, 11) is 0. The van der Waals surface area contributed by atoms with E-state index in [-0.39, 0.29) is 18.1 Å². The first-order chi connectivity index (χ1) is 9.24. The average molecular weight is 269 g/mol. The van der Waals surface area contributed by atoms with Crippen LogP contribution in [-0.2, 0) is 9.53 Å². The number of hydrogen-bond acceptors (Lipinski definition) is 4. The van der Waals surface area contributed by atoms with Crippen LogP contribution in [0.25, 0.3) is 0 Å². The van der Waals surface area contributed by atoms with Crippen molar-refractivity contribution in [2.45, 2.75) is 45.3 Å². The number of carbonyl (C=O) groups excluding carboxylic acids is 1. The van der Waals surface area contributed by atoms with Gasteiger partial charge in [-0.1, -0.05) is 26.7 Å². The van der Waals surface area contributed by atoms with Crippen LogP contribution in [0.4, 0.5) is 0 Å². The Bertz CT molecular complexity index is 298. The Labute approximate surface area is 116 Å². The summed E-state index contributed by atoms with van der Waals surface area (Å²) >= 11 is 0. The lowest BCUT2D eigenvalue weighted by molar-refractivity contribution is -0.132. The summed E-state index contributed by atoms with van der Waals surface area (Å²) < 4.78 is 5.77. The van der Waals surface area contributed by atoms with Crippen molar-refractivity contribution in [3.63, 3.8) is 0 Å². The topological polar surface area (TPSA) is 44.8 Å². The molecule has 0 aliphatic carbocycles. The second kappa shape index (κ2) is 7.22. The molecule has 19 heavy (non-hydrogen) atoms. The molecule has 2 unspecified atom stereocenters. The Morgan fingerprint density at radius 1 is 1.42 bits per heavy atom. The zero-order valence-electron chi connectivity index (χ0n) is 12.2. The van der Waals surface area contributed by atoms with Gasteiger partial charge in [0, 0.05) is 19.6 Å². The smallest absolute Gasteiger partial charge is 0.240 e. The highest BCUT2D eigenvalue weighted by Gasteiger charge is 2.33. The van der Waals surface area contributed by atoms with Crippen molar-refractivity contribution >= 4 is 5.91 Å². The Kier molecular flexibility index (Phi) is 5.60. The van der Waals surface area contributed by atoms with E-state index in [1.807, 2.05) is 4.90 Å². The van der Waals surface area contributed by atoms with Crippen molar-refractivity contribution in [1.29, 1.82) is 0 Å². The number of ether oxygens (including phenoxy) is 1. The predicted octanol–water partition coefficient (Wildman–Crippen LogP) is 0.655. The van der Waals surface area contributed by atoms with Gasteiger partial charge in [0.2, 0.25) is 5.91 Å². The largest absolute Gasteiger partial charge is 0.374 e. The molecule has 2 rings (SSSR count). The number of unbranched alkanes of at least 4 members (excludes halogenated alkanes) is 1. The van der Waals surface area contributed by atoms with Gasteiger partial charge in [0.1, 0.15) is 0 Å². The molecule has 2 aliphatic rings. The molecule has 5 heteroatoms. The second-order valence-corrected chi connectivity index (χ2v) is 5.50. The molecule has 1 amide bonds. The van der Waals surface area contributed by atoms with Gasteiger partial charge in [-0.3, -0.25) is 15.0 Å². The minimum Gasteiger partial charge on any atom is -0.374 e. The van der Waals surface area contributed by atoms with E-state index < -0.39 is 0 Å². The number of rotatable bonds is 6. The third-order valence-electron chi connectivity index (χ3n) is 4.08. The Balaban J connectivity index is 1.78. The number of hydrogen-bond donors (Lipinski definition) is 1. The summed E-state index contributed by atoms with van der Waals surface area (Å²) in [6.45, 7) is 9.54. The Morgan fingerprint density at radius 3 is 3.00 bits per heavy atom. The van der Waals surface area contributed by atoms with Gasteiger partial charge in [0.05, 0.1) is 25.4 Å². The third kappa shape index (κ3) is 3.91. The van der Waals surface area contributed by atoms with Gasteiger partial charge in [-0.15, -0.1) is 0 Å². The summed E-state index contributed by atoms with van der Waals surface area (Å²) in [6.07, 6.45) is 3.38. The summed E-state index contributed by atoms with van der Waals surface area (Å²) in [5, 5.41) is 3.31. The summed E-state index contributed by atoms with van der Waals surface area (Å²) in [4.78, 5) is 16.5. The number of carbonyl (C=O) groups is 1. The first kappa shape index (κ1) is 14.8. The van der Waals surface area contributed by atoms with Crippen LogP contribution >= 0.6 is 0 Å².